The maximum atomic E-state index is 12.5. The van der Waals surface area contributed by atoms with Crippen LogP contribution in [0.5, 0.6) is 5.75 Å². The van der Waals surface area contributed by atoms with Gasteiger partial charge in [0.1, 0.15) is 5.75 Å². The molecule has 1 fully saturated rings. The van der Waals surface area contributed by atoms with Gasteiger partial charge in [-0.25, -0.2) is 0 Å². The molecule has 1 saturated heterocycles. The summed E-state index contributed by atoms with van der Waals surface area (Å²) in [5, 5.41) is 3.23. The first kappa shape index (κ1) is 15.0. The van der Waals surface area contributed by atoms with E-state index in [1.54, 1.807) is 24.0 Å². The Labute approximate surface area is 130 Å². The molecule has 0 spiro atoms. The SMILES string of the molecule is CCCN1C(=O)C(C)Oc2ccc(C(=O)C3CCCN3)cc21. The molecule has 2 atom stereocenters. The van der Waals surface area contributed by atoms with Crippen LogP contribution in [0.15, 0.2) is 18.2 Å². The molecule has 3 rings (SSSR count). The first-order valence-corrected chi connectivity index (χ1v) is 8.01. The molecule has 0 bridgehead atoms. The number of carbonyl (C=O) groups is 2. The molecule has 2 aliphatic rings. The van der Waals surface area contributed by atoms with E-state index in [-0.39, 0.29) is 17.7 Å². The van der Waals surface area contributed by atoms with E-state index in [1.807, 2.05) is 13.0 Å². The van der Waals surface area contributed by atoms with Crippen molar-refractivity contribution in [2.24, 2.45) is 0 Å². The zero-order chi connectivity index (χ0) is 15.7. The van der Waals surface area contributed by atoms with Gasteiger partial charge in [-0.3, -0.25) is 9.59 Å². The van der Waals surface area contributed by atoms with Crippen LogP contribution in [0, 0.1) is 0 Å². The lowest BCUT2D eigenvalue weighted by molar-refractivity contribution is -0.125. The molecule has 2 aliphatic heterocycles. The lowest BCUT2D eigenvalue weighted by Gasteiger charge is -2.33. The van der Waals surface area contributed by atoms with Gasteiger partial charge >= 0.3 is 0 Å². The van der Waals surface area contributed by atoms with Crippen molar-refractivity contribution in [3.63, 3.8) is 0 Å². The smallest absolute Gasteiger partial charge is 0.267 e. The van der Waals surface area contributed by atoms with Gasteiger partial charge in [0.15, 0.2) is 11.9 Å². The third kappa shape index (κ3) is 2.61. The van der Waals surface area contributed by atoms with Crippen molar-refractivity contribution in [1.29, 1.82) is 0 Å². The number of rotatable bonds is 4. The number of anilines is 1. The number of fused-ring (bicyclic) bond motifs is 1. The van der Waals surface area contributed by atoms with Crippen LogP contribution in [0.3, 0.4) is 0 Å². The lowest BCUT2D eigenvalue weighted by Crippen LogP contribution is -2.45. The van der Waals surface area contributed by atoms with Crippen LogP contribution in [0.2, 0.25) is 0 Å². The van der Waals surface area contributed by atoms with Crippen LogP contribution in [-0.4, -0.2) is 36.9 Å². The number of ether oxygens (including phenoxy) is 1. The van der Waals surface area contributed by atoms with Gasteiger partial charge in [-0.15, -0.1) is 0 Å². The number of carbonyl (C=O) groups excluding carboxylic acids is 2. The number of Topliss-reactive ketones (excluding diaryl/α,β-unsaturated/α-hetero) is 1. The summed E-state index contributed by atoms with van der Waals surface area (Å²) in [5.74, 6) is 0.734. The Balaban J connectivity index is 1.94. The van der Waals surface area contributed by atoms with E-state index in [4.69, 9.17) is 4.74 Å². The maximum Gasteiger partial charge on any atom is 0.267 e. The summed E-state index contributed by atoms with van der Waals surface area (Å²) in [5.41, 5.74) is 1.36. The predicted octanol–water partition coefficient (Wildman–Crippen LogP) is 2.15. The Morgan fingerprint density at radius 3 is 2.95 bits per heavy atom. The van der Waals surface area contributed by atoms with E-state index in [2.05, 4.69) is 5.32 Å². The molecule has 0 radical (unpaired) electrons. The standard InChI is InChI=1S/C17H22N2O3/c1-3-9-19-14-10-12(16(20)13-5-4-8-18-13)6-7-15(14)22-11(2)17(19)21/h6-7,10-11,13,18H,3-5,8-9H2,1-2H3. The molecule has 1 aromatic rings. The number of ketones is 1. The molecule has 2 heterocycles. The van der Waals surface area contributed by atoms with Gasteiger partial charge in [0.05, 0.1) is 11.7 Å². The normalized spacial score (nSPS) is 24.1. The van der Waals surface area contributed by atoms with E-state index in [9.17, 15) is 9.59 Å². The Morgan fingerprint density at radius 2 is 2.27 bits per heavy atom. The zero-order valence-electron chi connectivity index (χ0n) is 13.1. The minimum Gasteiger partial charge on any atom is -0.479 e. The molecule has 5 nitrogen and oxygen atoms in total. The summed E-state index contributed by atoms with van der Waals surface area (Å²) in [6.07, 6.45) is 2.29. The van der Waals surface area contributed by atoms with Crippen molar-refractivity contribution in [3.05, 3.63) is 23.8 Å². The van der Waals surface area contributed by atoms with Crippen LogP contribution in [-0.2, 0) is 4.79 Å². The summed E-state index contributed by atoms with van der Waals surface area (Å²) in [6, 6.07) is 5.31. The lowest BCUT2D eigenvalue weighted by atomic mass is 10.0. The Bertz CT molecular complexity index is 594. The van der Waals surface area contributed by atoms with Crippen molar-refractivity contribution in [2.45, 2.75) is 45.3 Å². The molecule has 0 aliphatic carbocycles. The zero-order valence-corrected chi connectivity index (χ0v) is 13.1. The maximum absolute atomic E-state index is 12.5. The van der Waals surface area contributed by atoms with E-state index >= 15 is 0 Å². The number of nitrogens with one attached hydrogen (secondary N) is 1. The molecule has 0 aromatic heterocycles. The molecule has 22 heavy (non-hydrogen) atoms. The van der Waals surface area contributed by atoms with Crippen LogP contribution < -0.4 is 15.0 Å². The summed E-state index contributed by atoms with van der Waals surface area (Å²) < 4.78 is 5.66. The highest BCUT2D eigenvalue weighted by Crippen LogP contribution is 2.35. The largest absolute Gasteiger partial charge is 0.479 e. The Kier molecular flexibility index (Phi) is 4.16. The summed E-state index contributed by atoms with van der Waals surface area (Å²) in [4.78, 5) is 26.6. The minimum absolute atomic E-state index is 0.0436. The Hall–Kier alpha value is -1.88. The van der Waals surface area contributed by atoms with Gasteiger partial charge in [-0.2, -0.15) is 0 Å². The molecule has 1 N–H and O–H groups in total. The van der Waals surface area contributed by atoms with Crippen molar-refractivity contribution in [2.75, 3.05) is 18.0 Å². The third-order valence-corrected chi connectivity index (χ3v) is 4.28. The monoisotopic (exact) mass is 302 g/mol. The highest BCUT2D eigenvalue weighted by Gasteiger charge is 2.32. The van der Waals surface area contributed by atoms with Gasteiger partial charge < -0.3 is 15.0 Å². The van der Waals surface area contributed by atoms with Crippen LogP contribution >= 0.6 is 0 Å². The molecule has 5 heteroatoms. The average molecular weight is 302 g/mol. The first-order chi connectivity index (χ1) is 10.6. The quantitative estimate of drug-likeness (QED) is 0.866. The molecule has 118 valence electrons. The molecule has 1 amide bonds. The summed E-state index contributed by atoms with van der Waals surface area (Å²) >= 11 is 0. The van der Waals surface area contributed by atoms with Crippen molar-refractivity contribution < 1.29 is 14.3 Å². The fraction of sp³-hybridized carbons (Fsp3) is 0.529. The fourth-order valence-electron chi connectivity index (χ4n) is 3.12. The second-order valence-corrected chi connectivity index (χ2v) is 5.95. The average Bonchev–Trinajstić information content (AvgIpc) is 3.05. The van der Waals surface area contributed by atoms with Gasteiger partial charge in [0.2, 0.25) is 0 Å². The molecule has 2 unspecified atom stereocenters. The van der Waals surface area contributed by atoms with E-state index in [1.165, 1.54) is 0 Å². The van der Waals surface area contributed by atoms with Crippen molar-refractivity contribution >= 4 is 17.4 Å². The number of nitrogens with zero attached hydrogens (tertiary/aromatic N) is 1. The highest BCUT2D eigenvalue weighted by atomic mass is 16.5. The van der Waals surface area contributed by atoms with Gasteiger partial charge in [-0.1, -0.05) is 6.92 Å². The van der Waals surface area contributed by atoms with Crippen LogP contribution in [0.4, 0.5) is 5.69 Å². The Morgan fingerprint density at radius 1 is 1.45 bits per heavy atom. The van der Waals surface area contributed by atoms with E-state index in [0.29, 0.717) is 23.5 Å². The number of hydrogen-bond donors (Lipinski definition) is 1. The molecule has 1 aromatic carbocycles. The highest BCUT2D eigenvalue weighted by molar-refractivity contribution is 6.04. The second kappa shape index (κ2) is 6.08. The number of hydrogen-bond acceptors (Lipinski definition) is 4. The van der Waals surface area contributed by atoms with Crippen LogP contribution in [0.1, 0.15) is 43.5 Å². The molecular weight excluding hydrogens is 280 g/mol. The van der Waals surface area contributed by atoms with E-state index < -0.39 is 6.10 Å². The molecular formula is C17H22N2O3. The fourth-order valence-corrected chi connectivity index (χ4v) is 3.12. The number of amides is 1. The summed E-state index contributed by atoms with van der Waals surface area (Å²) in [6.45, 7) is 5.32. The predicted molar refractivity (Wildman–Crippen MR) is 84.5 cm³/mol. The number of benzene rings is 1. The summed E-state index contributed by atoms with van der Waals surface area (Å²) in [7, 11) is 0. The van der Waals surface area contributed by atoms with Crippen LogP contribution in [0.25, 0.3) is 0 Å². The molecule has 0 saturated carbocycles. The third-order valence-electron chi connectivity index (χ3n) is 4.28. The minimum atomic E-state index is -0.475. The topological polar surface area (TPSA) is 58.6 Å². The van der Waals surface area contributed by atoms with E-state index in [0.717, 1.165) is 25.8 Å². The first-order valence-electron chi connectivity index (χ1n) is 8.01. The van der Waals surface area contributed by atoms with Crippen molar-refractivity contribution in [1.82, 2.24) is 5.32 Å². The van der Waals surface area contributed by atoms with Crippen molar-refractivity contribution in [3.8, 4) is 5.75 Å². The van der Waals surface area contributed by atoms with Gasteiger partial charge in [0, 0.05) is 12.1 Å². The van der Waals surface area contributed by atoms with Gasteiger partial charge in [-0.05, 0) is 50.9 Å². The second-order valence-electron chi connectivity index (χ2n) is 5.95. The van der Waals surface area contributed by atoms with Gasteiger partial charge in [0.25, 0.3) is 5.91 Å².